The molecule has 2 unspecified atom stereocenters. The monoisotopic (exact) mass is 306 g/mol. The number of hydrogen-bond acceptors (Lipinski definition) is 3. The predicted octanol–water partition coefficient (Wildman–Crippen LogP) is 3.43. The van der Waals surface area contributed by atoms with Gasteiger partial charge in [-0.05, 0) is 42.6 Å². The third kappa shape index (κ3) is 2.57. The Balaban J connectivity index is 2.15. The Morgan fingerprint density at radius 2 is 2.24 bits per heavy atom. The topological polar surface area (TPSA) is 55.8 Å². The number of rotatable bonds is 1. The molecule has 0 aromatic carbocycles. The van der Waals surface area contributed by atoms with Crippen LogP contribution in [0.15, 0.2) is 57.9 Å². The zero-order valence-electron chi connectivity index (χ0n) is 11.5. The summed E-state index contributed by atoms with van der Waals surface area (Å²) in [5.41, 5.74) is 3.97. The average Bonchev–Trinajstić information content (AvgIpc) is 2.44. The van der Waals surface area contributed by atoms with E-state index in [2.05, 4.69) is 0 Å². The number of carboxylic acid groups (broad SMARTS) is 1. The van der Waals surface area contributed by atoms with Crippen LogP contribution in [-0.2, 0) is 14.3 Å². The van der Waals surface area contributed by atoms with Gasteiger partial charge in [0.25, 0.3) is 6.29 Å². The lowest BCUT2D eigenvalue weighted by molar-refractivity contribution is -0.182. The lowest BCUT2D eigenvalue weighted by Gasteiger charge is -2.32. The van der Waals surface area contributed by atoms with Crippen LogP contribution in [0.2, 0.25) is 0 Å². The summed E-state index contributed by atoms with van der Waals surface area (Å²) in [7, 11) is 0. The van der Waals surface area contributed by atoms with Crippen LogP contribution >= 0.6 is 11.6 Å². The Labute approximate surface area is 127 Å². The average molecular weight is 307 g/mol. The van der Waals surface area contributed by atoms with E-state index < -0.39 is 18.4 Å². The maximum absolute atomic E-state index is 11.3. The van der Waals surface area contributed by atoms with Gasteiger partial charge in [0.05, 0.1) is 11.3 Å². The molecule has 1 N–H and O–H groups in total. The molecule has 0 spiro atoms. The van der Waals surface area contributed by atoms with E-state index >= 15 is 0 Å². The molecule has 5 heteroatoms. The van der Waals surface area contributed by atoms with E-state index in [1.54, 1.807) is 6.08 Å². The second-order valence-electron chi connectivity index (χ2n) is 5.13. The summed E-state index contributed by atoms with van der Waals surface area (Å²) in [4.78, 5) is 11.3. The molecule has 3 rings (SSSR count). The summed E-state index contributed by atoms with van der Waals surface area (Å²) in [6, 6.07) is 0. The van der Waals surface area contributed by atoms with Crippen molar-refractivity contribution in [1.82, 2.24) is 0 Å². The zero-order valence-corrected chi connectivity index (χ0v) is 12.3. The van der Waals surface area contributed by atoms with Crippen LogP contribution in [0.25, 0.3) is 0 Å². The molecule has 0 aromatic heterocycles. The summed E-state index contributed by atoms with van der Waals surface area (Å²) < 4.78 is 10.9. The van der Waals surface area contributed by atoms with Crippen molar-refractivity contribution in [1.29, 1.82) is 0 Å². The molecule has 4 nitrogen and oxygen atoms in total. The van der Waals surface area contributed by atoms with Crippen molar-refractivity contribution in [2.75, 3.05) is 0 Å². The van der Waals surface area contributed by atoms with Crippen molar-refractivity contribution < 1.29 is 19.4 Å². The number of halogens is 1. The summed E-state index contributed by atoms with van der Waals surface area (Å²) in [6.45, 7) is 1.98. The first-order valence-corrected chi connectivity index (χ1v) is 7.14. The highest BCUT2D eigenvalue weighted by atomic mass is 35.5. The predicted molar refractivity (Wildman–Crippen MR) is 78.6 cm³/mol. The van der Waals surface area contributed by atoms with Crippen LogP contribution in [0.5, 0.6) is 0 Å². The van der Waals surface area contributed by atoms with E-state index in [1.165, 1.54) is 6.26 Å². The van der Waals surface area contributed by atoms with Gasteiger partial charge in [-0.2, -0.15) is 0 Å². The fourth-order valence-corrected chi connectivity index (χ4v) is 2.97. The van der Waals surface area contributed by atoms with Gasteiger partial charge in [-0.15, -0.1) is 0 Å². The number of ether oxygens (including phenoxy) is 2. The van der Waals surface area contributed by atoms with Gasteiger partial charge in [0, 0.05) is 5.57 Å². The van der Waals surface area contributed by atoms with Crippen LogP contribution in [-0.4, -0.2) is 23.5 Å². The molecule has 0 radical (unpaired) electrons. The van der Waals surface area contributed by atoms with Crippen LogP contribution in [0.3, 0.4) is 0 Å². The molecule has 0 amide bonds. The smallest absolute Gasteiger partial charge is 0.373 e. The van der Waals surface area contributed by atoms with Gasteiger partial charge >= 0.3 is 5.97 Å². The van der Waals surface area contributed by atoms with Crippen molar-refractivity contribution in [3.05, 3.63) is 57.9 Å². The molecule has 0 bridgehead atoms. The Kier molecular flexibility index (Phi) is 3.74. The molecule has 110 valence electrons. The summed E-state index contributed by atoms with van der Waals surface area (Å²) in [5.74, 6) is -1.17. The second-order valence-corrected chi connectivity index (χ2v) is 5.57. The van der Waals surface area contributed by atoms with Gasteiger partial charge in [-0.25, -0.2) is 4.79 Å². The van der Waals surface area contributed by atoms with Crippen molar-refractivity contribution in [2.24, 2.45) is 0 Å². The van der Waals surface area contributed by atoms with Crippen LogP contribution in [0.1, 0.15) is 19.8 Å². The Morgan fingerprint density at radius 3 is 3.00 bits per heavy atom. The van der Waals surface area contributed by atoms with E-state index in [4.69, 9.17) is 21.1 Å². The van der Waals surface area contributed by atoms with E-state index in [-0.39, 0.29) is 0 Å². The molecule has 0 saturated heterocycles. The summed E-state index contributed by atoms with van der Waals surface area (Å²) >= 11 is 6.25. The summed E-state index contributed by atoms with van der Waals surface area (Å²) in [5, 5.41) is 9.67. The minimum absolute atomic E-state index is 0.466. The molecule has 3 aliphatic rings. The first-order chi connectivity index (χ1) is 10.1. The molecule has 0 fully saturated rings. The molecule has 2 atom stereocenters. The lowest BCUT2D eigenvalue weighted by Crippen LogP contribution is -2.34. The maximum atomic E-state index is 11.3. The minimum atomic E-state index is -1.37. The Hall–Kier alpha value is -1.78. The standard InChI is InChI=1S/C16H15ClO4/c1-9-6-7-12(17)14-13(9)11-5-3-2-4-10(11)8-20-16(21-14)15(18)19/h2,4,6-8,14,16H,3,5H2,1H3,(H,18,19). The van der Waals surface area contributed by atoms with E-state index in [0.717, 1.165) is 35.1 Å². The largest absolute Gasteiger partial charge is 0.477 e. The number of carboxylic acids is 1. The van der Waals surface area contributed by atoms with Crippen molar-refractivity contribution >= 4 is 17.6 Å². The lowest BCUT2D eigenvalue weighted by atomic mass is 9.84. The highest BCUT2D eigenvalue weighted by Gasteiger charge is 2.34. The van der Waals surface area contributed by atoms with Crippen LogP contribution in [0, 0.1) is 0 Å². The number of hydrogen-bond donors (Lipinski definition) is 1. The quantitative estimate of drug-likeness (QED) is 0.806. The van der Waals surface area contributed by atoms with Crippen molar-refractivity contribution in [2.45, 2.75) is 32.2 Å². The first kappa shape index (κ1) is 14.2. The van der Waals surface area contributed by atoms with Crippen LogP contribution < -0.4 is 0 Å². The highest BCUT2D eigenvalue weighted by Crippen LogP contribution is 2.39. The van der Waals surface area contributed by atoms with Gasteiger partial charge < -0.3 is 14.6 Å². The van der Waals surface area contributed by atoms with Gasteiger partial charge in [0.1, 0.15) is 6.10 Å². The number of aliphatic carboxylic acids is 1. The normalized spacial score (nSPS) is 28.2. The number of fused-ring (bicyclic) bond motifs is 2. The van der Waals surface area contributed by atoms with Gasteiger partial charge in [0.15, 0.2) is 0 Å². The van der Waals surface area contributed by atoms with E-state index in [1.807, 2.05) is 25.2 Å². The molecule has 1 aliphatic heterocycles. The molecular formula is C16H15ClO4. The maximum Gasteiger partial charge on any atom is 0.373 e. The van der Waals surface area contributed by atoms with Crippen LogP contribution in [0.4, 0.5) is 0 Å². The van der Waals surface area contributed by atoms with Gasteiger partial charge in [-0.1, -0.05) is 29.8 Å². The summed E-state index contributed by atoms with van der Waals surface area (Å²) in [6.07, 6.45) is 8.96. The molecule has 0 saturated carbocycles. The van der Waals surface area contributed by atoms with E-state index in [9.17, 15) is 9.90 Å². The van der Waals surface area contributed by atoms with Crippen molar-refractivity contribution in [3.8, 4) is 0 Å². The van der Waals surface area contributed by atoms with Gasteiger partial charge in [0.2, 0.25) is 0 Å². The third-order valence-electron chi connectivity index (χ3n) is 3.74. The SMILES string of the molecule is CC1=CC=C(Cl)C2OC(C(=O)O)OC=C3C=CCCC3=C12. The zero-order chi connectivity index (χ0) is 15.0. The first-order valence-electron chi connectivity index (χ1n) is 6.76. The molecule has 1 heterocycles. The van der Waals surface area contributed by atoms with E-state index in [0.29, 0.717) is 5.03 Å². The minimum Gasteiger partial charge on any atom is -0.477 e. The fourth-order valence-electron chi connectivity index (χ4n) is 2.75. The molecule has 21 heavy (non-hydrogen) atoms. The number of carbonyl (C=O) groups is 1. The Bertz CT molecular complexity index is 637. The highest BCUT2D eigenvalue weighted by molar-refractivity contribution is 6.30. The Morgan fingerprint density at radius 1 is 1.43 bits per heavy atom. The van der Waals surface area contributed by atoms with Gasteiger partial charge in [-0.3, -0.25) is 0 Å². The fraction of sp³-hybridized carbons (Fsp3) is 0.312. The number of allylic oxidation sites excluding steroid dienone is 6. The molecule has 0 aromatic rings. The molecule has 2 aliphatic carbocycles. The second kappa shape index (κ2) is 5.54. The van der Waals surface area contributed by atoms with Crippen molar-refractivity contribution in [3.63, 3.8) is 0 Å². The third-order valence-corrected chi connectivity index (χ3v) is 4.07. The molecular weight excluding hydrogens is 292 g/mol.